The number of ketones is 1. The predicted octanol–water partition coefficient (Wildman–Crippen LogP) is 3.58. The number of nitrogens with one attached hydrogen (secondary N) is 1. The fraction of sp³-hybridized carbons (Fsp3) is 0.444. The van der Waals surface area contributed by atoms with Crippen LogP contribution < -0.4 is 4.74 Å². The van der Waals surface area contributed by atoms with Crippen molar-refractivity contribution in [3.05, 3.63) is 57.9 Å². The minimum absolute atomic E-state index is 0.00498. The van der Waals surface area contributed by atoms with Crippen molar-refractivity contribution in [2.24, 2.45) is 0 Å². The summed E-state index contributed by atoms with van der Waals surface area (Å²) in [5, 5.41) is 11.5. The number of carbonyl (C=O) groups is 3. The number of rotatable bonds is 10. The average Bonchev–Trinajstić information content (AvgIpc) is 3.32. The largest absolute Gasteiger partial charge is 0.507 e. The molecule has 1 aromatic carbocycles. The first-order valence-corrected chi connectivity index (χ1v) is 12.1. The van der Waals surface area contributed by atoms with E-state index in [1.54, 1.807) is 45.2 Å². The van der Waals surface area contributed by atoms with E-state index < -0.39 is 23.7 Å². The Labute approximate surface area is 211 Å². The van der Waals surface area contributed by atoms with Crippen molar-refractivity contribution in [2.45, 2.75) is 40.2 Å². The first-order valence-electron chi connectivity index (χ1n) is 12.1. The molecule has 9 nitrogen and oxygen atoms in total. The Balaban J connectivity index is 2.12. The second-order valence-corrected chi connectivity index (χ2v) is 8.76. The zero-order chi connectivity index (χ0) is 26.6. The lowest BCUT2D eigenvalue weighted by Crippen LogP contribution is -2.33. The minimum atomic E-state index is -0.775. The third-order valence-corrected chi connectivity index (χ3v) is 6.80. The molecule has 2 aromatic rings. The van der Waals surface area contributed by atoms with Crippen molar-refractivity contribution in [3.8, 4) is 5.75 Å². The highest BCUT2D eigenvalue weighted by molar-refractivity contribution is 6.46. The summed E-state index contributed by atoms with van der Waals surface area (Å²) in [6, 6.07) is 6.32. The number of amides is 1. The maximum absolute atomic E-state index is 13.3. The van der Waals surface area contributed by atoms with E-state index in [0.29, 0.717) is 41.1 Å². The lowest BCUT2D eigenvalue weighted by molar-refractivity contribution is -0.140. The summed E-state index contributed by atoms with van der Waals surface area (Å²) >= 11 is 0. The van der Waals surface area contributed by atoms with E-state index in [-0.39, 0.29) is 17.0 Å². The van der Waals surface area contributed by atoms with Crippen molar-refractivity contribution < 1.29 is 29.0 Å². The predicted molar refractivity (Wildman–Crippen MR) is 136 cm³/mol. The van der Waals surface area contributed by atoms with Gasteiger partial charge in [-0.25, -0.2) is 4.79 Å². The second-order valence-electron chi connectivity index (χ2n) is 8.76. The Bertz CT molecular complexity index is 1160. The van der Waals surface area contributed by atoms with Crippen LogP contribution in [0.2, 0.25) is 0 Å². The number of aryl methyl sites for hydroxylation is 1. The quantitative estimate of drug-likeness (QED) is 0.223. The van der Waals surface area contributed by atoms with Crippen LogP contribution in [-0.4, -0.2) is 77.9 Å². The number of aliphatic hydroxyl groups excluding tert-OH is 1. The number of methoxy groups -OCH3 is 2. The Morgan fingerprint density at radius 3 is 2.31 bits per heavy atom. The number of benzene rings is 1. The molecule has 1 saturated heterocycles. The summed E-state index contributed by atoms with van der Waals surface area (Å²) in [4.78, 5) is 45.4. The fourth-order valence-electron chi connectivity index (χ4n) is 4.79. The molecule has 9 heteroatoms. The van der Waals surface area contributed by atoms with Crippen LogP contribution in [0, 0.1) is 13.8 Å². The average molecular weight is 498 g/mol. The van der Waals surface area contributed by atoms with Crippen molar-refractivity contribution in [1.29, 1.82) is 0 Å². The van der Waals surface area contributed by atoms with Gasteiger partial charge in [0.1, 0.15) is 17.2 Å². The number of likely N-dealkylation sites (tertiary alicyclic amines) is 1. The van der Waals surface area contributed by atoms with Gasteiger partial charge in [-0.1, -0.05) is 26.0 Å². The van der Waals surface area contributed by atoms with Gasteiger partial charge >= 0.3 is 5.97 Å². The van der Waals surface area contributed by atoms with Crippen molar-refractivity contribution in [2.75, 3.05) is 40.4 Å². The molecule has 36 heavy (non-hydrogen) atoms. The van der Waals surface area contributed by atoms with Gasteiger partial charge in [-0.05, 0) is 63.2 Å². The Hall–Kier alpha value is -3.59. The van der Waals surface area contributed by atoms with Crippen molar-refractivity contribution in [3.63, 3.8) is 0 Å². The van der Waals surface area contributed by atoms with Gasteiger partial charge in [0.25, 0.3) is 11.7 Å². The van der Waals surface area contributed by atoms with Crippen LogP contribution in [0.1, 0.15) is 59.2 Å². The van der Waals surface area contributed by atoms with Crippen LogP contribution in [0.3, 0.4) is 0 Å². The number of Topliss-reactive ketones (excluding diaryl/α,β-unsaturated/α-hetero) is 1. The maximum atomic E-state index is 13.3. The van der Waals surface area contributed by atoms with Crippen molar-refractivity contribution in [1.82, 2.24) is 14.8 Å². The number of ether oxygens (including phenoxy) is 2. The standard InChI is InChI=1S/C27H35N3O6/c1-7-29(8-2)14-9-15-30-23(18-10-12-19(35-5)13-11-18)21(25(32)26(30)33)24(31)20-16(3)22(27(34)36-6)28-17(20)4/h10-13,23,28,31H,7-9,14-15H2,1-6H3/b24-21+/t23-/m1/s1. The molecule has 1 atom stereocenters. The molecule has 1 aliphatic heterocycles. The van der Waals surface area contributed by atoms with E-state index in [2.05, 4.69) is 23.7 Å². The van der Waals surface area contributed by atoms with Gasteiger partial charge in [-0.2, -0.15) is 0 Å². The molecule has 1 aliphatic rings. The summed E-state index contributed by atoms with van der Waals surface area (Å²) in [5.74, 6) is -1.68. The molecule has 0 bridgehead atoms. The van der Waals surface area contributed by atoms with Crippen LogP contribution in [0.15, 0.2) is 29.8 Å². The van der Waals surface area contributed by atoms with Crippen LogP contribution in [0.4, 0.5) is 0 Å². The van der Waals surface area contributed by atoms with Crippen LogP contribution >= 0.6 is 0 Å². The van der Waals surface area contributed by atoms with E-state index in [1.807, 2.05) is 0 Å². The van der Waals surface area contributed by atoms with E-state index in [9.17, 15) is 19.5 Å². The van der Waals surface area contributed by atoms with Crippen LogP contribution in [0.5, 0.6) is 5.75 Å². The van der Waals surface area contributed by atoms with Crippen LogP contribution in [0.25, 0.3) is 5.76 Å². The Morgan fingerprint density at radius 1 is 1.11 bits per heavy atom. The van der Waals surface area contributed by atoms with Gasteiger partial charge in [0.2, 0.25) is 0 Å². The van der Waals surface area contributed by atoms with Crippen molar-refractivity contribution >= 4 is 23.4 Å². The number of esters is 1. The third-order valence-electron chi connectivity index (χ3n) is 6.80. The van der Waals surface area contributed by atoms with E-state index in [1.165, 1.54) is 12.0 Å². The fourth-order valence-corrected chi connectivity index (χ4v) is 4.79. The number of aliphatic hydroxyl groups is 1. The summed E-state index contributed by atoms with van der Waals surface area (Å²) in [5.41, 5.74) is 2.11. The Morgan fingerprint density at radius 2 is 1.75 bits per heavy atom. The molecule has 2 heterocycles. The lowest BCUT2D eigenvalue weighted by Gasteiger charge is -2.27. The van der Waals surface area contributed by atoms with Gasteiger partial charge < -0.3 is 29.4 Å². The molecule has 1 fully saturated rings. The third kappa shape index (κ3) is 5.02. The summed E-state index contributed by atoms with van der Waals surface area (Å²) < 4.78 is 10.1. The monoisotopic (exact) mass is 497 g/mol. The molecule has 0 aliphatic carbocycles. The van der Waals surface area contributed by atoms with Gasteiger partial charge in [-0.3, -0.25) is 9.59 Å². The molecule has 0 saturated carbocycles. The summed E-state index contributed by atoms with van der Waals surface area (Å²) in [6.45, 7) is 10.4. The number of H-pyrrole nitrogens is 1. The Kier molecular flexibility index (Phi) is 8.57. The van der Waals surface area contributed by atoms with Crippen LogP contribution in [-0.2, 0) is 14.3 Å². The second kappa shape index (κ2) is 11.4. The van der Waals surface area contributed by atoms with E-state index in [4.69, 9.17) is 9.47 Å². The molecule has 0 unspecified atom stereocenters. The molecule has 1 aromatic heterocycles. The molecule has 194 valence electrons. The number of hydrogen-bond donors (Lipinski definition) is 2. The number of aromatic nitrogens is 1. The minimum Gasteiger partial charge on any atom is -0.507 e. The van der Waals surface area contributed by atoms with Gasteiger partial charge in [-0.15, -0.1) is 0 Å². The van der Waals surface area contributed by atoms with E-state index in [0.717, 1.165) is 19.6 Å². The number of aromatic amines is 1. The molecule has 1 amide bonds. The number of hydrogen-bond acceptors (Lipinski definition) is 7. The summed E-state index contributed by atoms with van der Waals surface area (Å²) in [7, 11) is 2.83. The molecule has 0 spiro atoms. The highest BCUT2D eigenvalue weighted by atomic mass is 16.5. The smallest absolute Gasteiger partial charge is 0.354 e. The topological polar surface area (TPSA) is 112 Å². The molecular weight excluding hydrogens is 462 g/mol. The lowest BCUT2D eigenvalue weighted by atomic mass is 9.94. The van der Waals surface area contributed by atoms with Gasteiger partial charge in [0.15, 0.2) is 0 Å². The number of nitrogens with zero attached hydrogens (tertiary/aromatic N) is 2. The first kappa shape index (κ1) is 27.0. The highest BCUT2D eigenvalue weighted by Gasteiger charge is 2.46. The number of carbonyl (C=O) groups excluding carboxylic acids is 3. The zero-order valence-corrected chi connectivity index (χ0v) is 21.8. The zero-order valence-electron chi connectivity index (χ0n) is 21.8. The first-order chi connectivity index (χ1) is 17.2. The van der Waals surface area contributed by atoms with Gasteiger partial charge in [0.05, 0.1) is 25.8 Å². The normalized spacial score (nSPS) is 17.2. The highest BCUT2D eigenvalue weighted by Crippen LogP contribution is 2.41. The SMILES string of the molecule is CCN(CC)CCCN1C(=O)C(=O)/C(=C(/O)c2c(C)[nH]c(C(=O)OC)c2C)[C@H]1c1ccc(OC)cc1. The molecule has 2 N–H and O–H groups in total. The molecule has 3 rings (SSSR count). The van der Waals surface area contributed by atoms with Gasteiger partial charge in [0, 0.05) is 17.8 Å². The maximum Gasteiger partial charge on any atom is 0.354 e. The summed E-state index contributed by atoms with van der Waals surface area (Å²) in [6.07, 6.45) is 0.677. The molecule has 0 radical (unpaired) electrons. The molecular formula is C27H35N3O6. The van der Waals surface area contributed by atoms with E-state index >= 15 is 0 Å².